The van der Waals surface area contributed by atoms with Gasteiger partial charge in [0.2, 0.25) is 0 Å². The highest BCUT2D eigenvalue weighted by Gasteiger charge is 2.08. The summed E-state index contributed by atoms with van der Waals surface area (Å²) in [5.74, 6) is -0.145. The molecule has 0 aliphatic rings. The van der Waals surface area contributed by atoms with E-state index in [1.54, 1.807) is 6.20 Å². The number of esters is 1. The molecular weight excluding hydrogens is 288 g/mol. The van der Waals surface area contributed by atoms with E-state index in [-0.39, 0.29) is 5.97 Å². The zero-order valence-corrected chi connectivity index (χ0v) is 13.4. The van der Waals surface area contributed by atoms with Crippen LogP contribution in [0.2, 0.25) is 0 Å². The normalized spacial score (nSPS) is 10.9. The molecule has 4 heteroatoms. The summed E-state index contributed by atoms with van der Waals surface area (Å²) in [6, 6.07) is 12.4. The van der Waals surface area contributed by atoms with Gasteiger partial charge in [-0.3, -0.25) is 9.78 Å². The zero-order chi connectivity index (χ0) is 16.2. The average molecular weight is 308 g/mol. The van der Waals surface area contributed by atoms with Gasteiger partial charge in [0, 0.05) is 40.5 Å². The van der Waals surface area contributed by atoms with Gasteiger partial charge < -0.3 is 9.72 Å². The quantitative estimate of drug-likeness (QED) is 0.724. The fourth-order valence-corrected chi connectivity index (χ4v) is 2.73. The standard InChI is InChI=1S/C19H20N2O2/c1-3-23-19(22)9-7-14-6-8-17-15(11-14)12-18(21-17)16-5-4-10-20-13(16)2/h4-6,8,10-12,21H,3,7,9H2,1-2H3. The van der Waals surface area contributed by atoms with Crippen molar-refractivity contribution in [2.75, 3.05) is 6.61 Å². The predicted octanol–water partition coefficient (Wildman–Crippen LogP) is 4.03. The molecule has 0 saturated heterocycles. The first-order valence-electron chi connectivity index (χ1n) is 7.86. The van der Waals surface area contributed by atoms with Gasteiger partial charge in [0.1, 0.15) is 0 Å². The lowest BCUT2D eigenvalue weighted by Crippen LogP contribution is -2.04. The van der Waals surface area contributed by atoms with Crippen molar-refractivity contribution in [2.45, 2.75) is 26.7 Å². The number of carbonyl (C=O) groups excluding carboxylic acids is 1. The molecule has 3 aromatic rings. The summed E-state index contributed by atoms with van der Waals surface area (Å²) in [7, 11) is 0. The van der Waals surface area contributed by atoms with E-state index in [2.05, 4.69) is 40.3 Å². The number of nitrogens with one attached hydrogen (secondary N) is 1. The molecule has 1 aromatic carbocycles. The van der Waals surface area contributed by atoms with Gasteiger partial charge in [0.05, 0.1) is 6.61 Å². The summed E-state index contributed by atoms with van der Waals surface area (Å²) in [4.78, 5) is 19.2. The van der Waals surface area contributed by atoms with E-state index >= 15 is 0 Å². The lowest BCUT2D eigenvalue weighted by atomic mass is 10.1. The number of aromatic amines is 1. The number of aromatic nitrogens is 2. The van der Waals surface area contributed by atoms with Crippen molar-refractivity contribution in [3.8, 4) is 11.3 Å². The molecule has 0 atom stereocenters. The number of carbonyl (C=O) groups is 1. The van der Waals surface area contributed by atoms with E-state index in [9.17, 15) is 4.79 Å². The molecule has 118 valence electrons. The third-order valence-electron chi connectivity index (χ3n) is 3.91. The molecule has 2 heterocycles. The lowest BCUT2D eigenvalue weighted by Gasteiger charge is -2.02. The van der Waals surface area contributed by atoms with E-state index < -0.39 is 0 Å². The number of hydrogen-bond acceptors (Lipinski definition) is 3. The molecule has 4 nitrogen and oxygen atoms in total. The van der Waals surface area contributed by atoms with Crippen LogP contribution in [-0.4, -0.2) is 22.5 Å². The van der Waals surface area contributed by atoms with Gasteiger partial charge in [0.15, 0.2) is 0 Å². The van der Waals surface area contributed by atoms with Crippen molar-refractivity contribution >= 4 is 16.9 Å². The summed E-state index contributed by atoms with van der Waals surface area (Å²) >= 11 is 0. The molecule has 0 aliphatic carbocycles. The minimum Gasteiger partial charge on any atom is -0.466 e. The largest absolute Gasteiger partial charge is 0.466 e. The minimum atomic E-state index is -0.145. The number of H-pyrrole nitrogens is 1. The highest BCUT2D eigenvalue weighted by molar-refractivity contribution is 5.86. The maximum atomic E-state index is 11.5. The number of hydrogen-bond donors (Lipinski definition) is 1. The van der Waals surface area contributed by atoms with Crippen LogP contribution in [0, 0.1) is 6.92 Å². The number of fused-ring (bicyclic) bond motifs is 1. The number of benzene rings is 1. The van der Waals surface area contributed by atoms with E-state index in [0.717, 1.165) is 33.4 Å². The monoisotopic (exact) mass is 308 g/mol. The summed E-state index contributed by atoms with van der Waals surface area (Å²) in [5, 5.41) is 1.14. The van der Waals surface area contributed by atoms with Crippen LogP contribution in [0.15, 0.2) is 42.6 Å². The van der Waals surface area contributed by atoms with Crippen molar-refractivity contribution < 1.29 is 9.53 Å². The third kappa shape index (κ3) is 3.42. The summed E-state index contributed by atoms with van der Waals surface area (Å²) < 4.78 is 4.97. The maximum Gasteiger partial charge on any atom is 0.306 e. The van der Waals surface area contributed by atoms with E-state index in [1.165, 1.54) is 0 Å². The molecular formula is C19H20N2O2. The first kappa shape index (κ1) is 15.3. The van der Waals surface area contributed by atoms with Crippen LogP contribution in [-0.2, 0) is 16.0 Å². The molecule has 1 N–H and O–H groups in total. The van der Waals surface area contributed by atoms with Crippen LogP contribution >= 0.6 is 0 Å². The zero-order valence-electron chi connectivity index (χ0n) is 13.4. The number of ether oxygens (including phenoxy) is 1. The van der Waals surface area contributed by atoms with E-state index in [0.29, 0.717) is 19.4 Å². The predicted molar refractivity (Wildman–Crippen MR) is 91.2 cm³/mol. The molecule has 2 aromatic heterocycles. The Morgan fingerprint density at radius 2 is 2.13 bits per heavy atom. The fraction of sp³-hybridized carbons (Fsp3) is 0.263. The Balaban J connectivity index is 1.84. The molecule has 0 radical (unpaired) electrons. The molecule has 0 aliphatic heterocycles. The number of nitrogens with zero attached hydrogens (tertiary/aromatic N) is 1. The van der Waals surface area contributed by atoms with Gasteiger partial charge in [-0.15, -0.1) is 0 Å². The van der Waals surface area contributed by atoms with Crippen molar-refractivity contribution in [1.29, 1.82) is 0 Å². The topological polar surface area (TPSA) is 55.0 Å². The van der Waals surface area contributed by atoms with Crippen LogP contribution in [0.4, 0.5) is 0 Å². The van der Waals surface area contributed by atoms with Crippen LogP contribution in [0.1, 0.15) is 24.6 Å². The van der Waals surface area contributed by atoms with Gasteiger partial charge in [0.25, 0.3) is 0 Å². The van der Waals surface area contributed by atoms with E-state index in [1.807, 2.05) is 19.9 Å². The molecule has 0 amide bonds. The summed E-state index contributed by atoms with van der Waals surface area (Å²) in [5.41, 5.74) is 5.40. The molecule has 0 bridgehead atoms. The summed E-state index contributed by atoms with van der Waals surface area (Å²) in [6.45, 7) is 4.26. The Labute approximate surface area is 135 Å². The number of aryl methyl sites for hydroxylation is 2. The Morgan fingerprint density at radius 3 is 2.91 bits per heavy atom. The van der Waals surface area contributed by atoms with Gasteiger partial charge >= 0.3 is 5.97 Å². The highest BCUT2D eigenvalue weighted by atomic mass is 16.5. The fourth-order valence-electron chi connectivity index (χ4n) is 2.73. The molecule has 0 fully saturated rings. The second kappa shape index (κ2) is 6.65. The lowest BCUT2D eigenvalue weighted by molar-refractivity contribution is -0.143. The second-order valence-electron chi connectivity index (χ2n) is 5.55. The van der Waals surface area contributed by atoms with Crippen molar-refractivity contribution in [2.24, 2.45) is 0 Å². The molecule has 0 spiro atoms. The van der Waals surface area contributed by atoms with Gasteiger partial charge in [-0.25, -0.2) is 0 Å². The molecule has 0 saturated carbocycles. The van der Waals surface area contributed by atoms with Crippen molar-refractivity contribution in [1.82, 2.24) is 9.97 Å². The summed E-state index contributed by atoms with van der Waals surface area (Å²) in [6.07, 6.45) is 2.91. The van der Waals surface area contributed by atoms with Crippen molar-refractivity contribution in [3.05, 3.63) is 53.9 Å². The number of rotatable bonds is 5. The maximum absolute atomic E-state index is 11.5. The van der Waals surface area contributed by atoms with Crippen LogP contribution in [0.3, 0.4) is 0 Å². The van der Waals surface area contributed by atoms with Gasteiger partial charge in [-0.1, -0.05) is 6.07 Å². The van der Waals surface area contributed by atoms with Gasteiger partial charge in [-0.2, -0.15) is 0 Å². The Hall–Kier alpha value is -2.62. The van der Waals surface area contributed by atoms with Crippen LogP contribution in [0.5, 0.6) is 0 Å². The van der Waals surface area contributed by atoms with Crippen LogP contribution < -0.4 is 0 Å². The Bertz CT molecular complexity index is 836. The molecule has 0 unspecified atom stereocenters. The van der Waals surface area contributed by atoms with Crippen molar-refractivity contribution in [3.63, 3.8) is 0 Å². The second-order valence-corrected chi connectivity index (χ2v) is 5.55. The smallest absolute Gasteiger partial charge is 0.306 e. The Kier molecular flexibility index (Phi) is 4.42. The first-order valence-corrected chi connectivity index (χ1v) is 7.86. The third-order valence-corrected chi connectivity index (χ3v) is 3.91. The SMILES string of the molecule is CCOC(=O)CCc1ccc2[nH]c(-c3cccnc3C)cc2c1. The number of pyridine rings is 1. The average Bonchev–Trinajstić information content (AvgIpc) is 2.96. The molecule has 23 heavy (non-hydrogen) atoms. The first-order chi connectivity index (χ1) is 11.2. The molecule has 3 rings (SSSR count). The highest BCUT2D eigenvalue weighted by Crippen LogP contribution is 2.26. The Morgan fingerprint density at radius 1 is 1.26 bits per heavy atom. The minimum absolute atomic E-state index is 0.145. The van der Waals surface area contributed by atoms with Crippen LogP contribution in [0.25, 0.3) is 22.2 Å². The van der Waals surface area contributed by atoms with Gasteiger partial charge in [-0.05, 0) is 56.2 Å². The van der Waals surface area contributed by atoms with E-state index in [4.69, 9.17) is 4.74 Å².